The van der Waals surface area contributed by atoms with Crippen LogP contribution in [0.2, 0.25) is 0 Å². The predicted molar refractivity (Wildman–Crippen MR) is 59.1 cm³/mol. The van der Waals surface area contributed by atoms with Gasteiger partial charge in [-0.1, -0.05) is 15.9 Å². The van der Waals surface area contributed by atoms with Crippen molar-refractivity contribution in [3.63, 3.8) is 0 Å². The first-order chi connectivity index (χ1) is 11.8. The van der Waals surface area contributed by atoms with Gasteiger partial charge < -0.3 is 0 Å². The van der Waals surface area contributed by atoms with E-state index in [0.717, 1.165) is 0 Å². The summed E-state index contributed by atoms with van der Waals surface area (Å²) >= 11 is 1.98. The summed E-state index contributed by atoms with van der Waals surface area (Å²) in [6, 6.07) is 0. The molecule has 0 N–H and O–H groups in total. The van der Waals surface area contributed by atoms with Crippen LogP contribution in [0.4, 0.5) is 74.6 Å². The van der Waals surface area contributed by atoms with Crippen LogP contribution in [-0.4, -0.2) is 53.0 Å². The molecule has 0 aromatic rings. The lowest BCUT2D eigenvalue weighted by molar-refractivity contribution is -0.461. The second kappa shape index (κ2) is 6.92. The van der Waals surface area contributed by atoms with E-state index in [4.69, 9.17) is 0 Å². The molecule has 0 nitrogen and oxygen atoms in total. The lowest BCUT2D eigenvalue weighted by atomic mass is 9.88. The van der Waals surface area contributed by atoms with Crippen LogP contribution in [0.5, 0.6) is 0 Å². The molecule has 0 saturated carbocycles. The number of halogens is 18. The van der Waals surface area contributed by atoms with Crippen LogP contribution in [0.3, 0.4) is 0 Å². The Bertz CT molecular complexity index is 559. The highest BCUT2D eigenvalue weighted by molar-refractivity contribution is 9.09. The van der Waals surface area contributed by atoms with Gasteiger partial charge in [0.1, 0.15) is 0 Å². The molecule has 0 radical (unpaired) electrons. The van der Waals surface area contributed by atoms with Gasteiger partial charge in [-0.15, -0.1) is 0 Å². The van der Waals surface area contributed by atoms with E-state index in [1.54, 1.807) is 0 Å². The van der Waals surface area contributed by atoms with Crippen LogP contribution in [0, 0.1) is 0 Å². The van der Waals surface area contributed by atoms with Gasteiger partial charge in [0.25, 0.3) is 0 Å². The molecular weight excluding hydrogens is 523 g/mol. The maximum atomic E-state index is 13.2. The molecule has 0 aromatic carbocycles. The van der Waals surface area contributed by atoms with E-state index in [1.807, 2.05) is 15.9 Å². The lowest BCUT2D eigenvalue weighted by Crippen LogP contribution is -2.74. The fourth-order valence-corrected chi connectivity index (χ4v) is 1.97. The van der Waals surface area contributed by atoms with Crippen molar-refractivity contribution in [3.05, 3.63) is 0 Å². The van der Waals surface area contributed by atoms with Crippen LogP contribution in [0.1, 0.15) is 6.42 Å². The SMILES string of the molecule is FC(F)(F)C(F)(F)C(F)(F)C(F)(F)C(F)(F)C(F)(F)C(F)(F)C(F)(F)CCBr. The van der Waals surface area contributed by atoms with Crippen LogP contribution in [0.25, 0.3) is 0 Å². The van der Waals surface area contributed by atoms with E-state index >= 15 is 0 Å². The minimum atomic E-state index is -8.57. The molecule has 0 rings (SSSR count). The molecule has 0 aliphatic carbocycles. The van der Waals surface area contributed by atoms with Crippen molar-refractivity contribution in [3.8, 4) is 0 Å². The first-order valence-electron chi connectivity index (χ1n) is 6.08. The van der Waals surface area contributed by atoms with E-state index in [9.17, 15) is 74.6 Å². The summed E-state index contributed by atoms with van der Waals surface area (Å²) in [5.74, 6) is -55.8. The van der Waals surface area contributed by atoms with E-state index < -0.39 is 59.4 Å². The van der Waals surface area contributed by atoms with Crippen molar-refractivity contribution in [1.29, 1.82) is 0 Å². The molecule has 0 atom stereocenters. The molecule has 0 spiro atoms. The average Bonchev–Trinajstić information content (AvgIpc) is 2.44. The van der Waals surface area contributed by atoms with Crippen molar-refractivity contribution in [1.82, 2.24) is 0 Å². The van der Waals surface area contributed by atoms with Gasteiger partial charge in [0.15, 0.2) is 0 Å². The molecule has 0 saturated heterocycles. The van der Waals surface area contributed by atoms with Crippen LogP contribution in [0.15, 0.2) is 0 Å². The van der Waals surface area contributed by atoms with Gasteiger partial charge in [0.2, 0.25) is 0 Å². The third-order valence-corrected chi connectivity index (χ3v) is 3.59. The zero-order valence-electron chi connectivity index (χ0n) is 12.2. The molecule has 170 valence electrons. The minimum Gasteiger partial charge on any atom is -0.200 e. The first-order valence-corrected chi connectivity index (χ1v) is 7.20. The minimum absolute atomic E-state index is 1.35. The second-order valence-corrected chi connectivity index (χ2v) is 5.88. The third kappa shape index (κ3) is 3.40. The Kier molecular flexibility index (Phi) is 6.75. The second-order valence-electron chi connectivity index (χ2n) is 5.09. The topological polar surface area (TPSA) is 0 Å². The molecule has 0 aromatic heterocycles. The van der Waals surface area contributed by atoms with Crippen LogP contribution in [-0.2, 0) is 0 Å². The lowest BCUT2D eigenvalue weighted by Gasteiger charge is -2.42. The van der Waals surface area contributed by atoms with Gasteiger partial charge in [0, 0.05) is 11.8 Å². The molecule has 0 fully saturated rings. The Morgan fingerprint density at radius 3 is 0.893 bits per heavy atom. The summed E-state index contributed by atoms with van der Waals surface area (Å²) in [7, 11) is 0. The fourth-order valence-electron chi connectivity index (χ4n) is 1.47. The Balaban J connectivity index is 6.63. The van der Waals surface area contributed by atoms with E-state index in [2.05, 4.69) is 0 Å². The van der Waals surface area contributed by atoms with Gasteiger partial charge in [-0.2, -0.15) is 74.6 Å². The molecule has 0 bridgehead atoms. The summed E-state index contributed by atoms with van der Waals surface area (Å²) in [6.07, 6.45) is -10.2. The van der Waals surface area contributed by atoms with Gasteiger partial charge in [-0.05, 0) is 0 Å². The molecule has 0 heterocycles. The highest BCUT2D eigenvalue weighted by atomic mass is 79.9. The van der Waals surface area contributed by atoms with E-state index in [0.29, 0.717) is 0 Å². The van der Waals surface area contributed by atoms with Gasteiger partial charge in [-0.3, -0.25) is 0 Å². The van der Waals surface area contributed by atoms with Gasteiger partial charge in [-0.25, -0.2) is 0 Å². The highest BCUT2D eigenvalue weighted by Crippen LogP contribution is 2.64. The molecule has 0 unspecified atom stereocenters. The van der Waals surface area contributed by atoms with Gasteiger partial charge >= 0.3 is 47.6 Å². The van der Waals surface area contributed by atoms with Crippen molar-refractivity contribution in [2.24, 2.45) is 0 Å². The maximum absolute atomic E-state index is 13.2. The molecule has 28 heavy (non-hydrogen) atoms. The van der Waals surface area contributed by atoms with Crippen molar-refractivity contribution in [2.45, 2.75) is 54.1 Å². The smallest absolute Gasteiger partial charge is 0.200 e. The fraction of sp³-hybridized carbons (Fsp3) is 1.00. The van der Waals surface area contributed by atoms with Crippen LogP contribution >= 0.6 is 15.9 Å². The van der Waals surface area contributed by atoms with Crippen molar-refractivity contribution in [2.75, 3.05) is 5.33 Å². The maximum Gasteiger partial charge on any atom is 0.460 e. The number of hydrogen-bond acceptors (Lipinski definition) is 0. The predicted octanol–water partition coefficient (Wildman–Crippen LogP) is 6.78. The normalized spacial score (nSPS) is 16.5. The number of hydrogen-bond donors (Lipinski definition) is 0. The quantitative estimate of drug-likeness (QED) is 0.241. The van der Waals surface area contributed by atoms with E-state index in [-0.39, 0.29) is 0 Å². The Morgan fingerprint density at radius 2 is 0.643 bits per heavy atom. The molecule has 0 amide bonds. The Morgan fingerprint density at radius 1 is 0.393 bits per heavy atom. The molecular formula is C10H4BrF17. The summed E-state index contributed by atoms with van der Waals surface area (Å²) in [4.78, 5) is 0. The average molecular weight is 527 g/mol. The summed E-state index contributed by atoms with van der Waals surface area (Å²) in [5.41, 5.74) is 0. The number of rotatable bonds is 8. The molecule has 18 heteroatoms. The largest absolute Gasteiger partial charge is 0.460 e. The monoisotopic (exact) mass is 526 g/mol. The number of alkyl halides is 18. The summed E-state index contributed by atoms with van der Waals surface area (Å²) < 4.78 is 217. The van der Waals surface area contributed by atoms with Crippen molar-refractivity contribution < 1.29 is 74.6 Å². The molecule has 0 aliphatic rings. The Labute approximate surface area is 151 Å². The third-order valence-electron chi connectivity index (χ3n) is 3.20. The Hall–Kier alpha value is -0.710. The zero-order chi connectivity index (χ0) is 23.4. The molecule has 0 aliphatic heterocycles. The van der Waals surface area contributed by atoms with Gasteiger partial charge in [0.05, 0.1) is 0 Å². The van der Waals surface area contributed by atoms with Crippen LogP contribution < -0.4 is 0 Å². The van der Waals surface area contributed by atoms with Crippen molar-refractivity contribution >= 4 is 15.9 Å². The standard InChI is InChI=1S/C10H4BrF17/c11-2-1-3(12,13)4(14,15)5(16,17)6(18,19)7(20,21)8(22,23)9(24,25)10(26,27)28/h1-2H2. The summed E-state index contributed by atoms with van der Waals surface area (Å²) in [6.45, 7) is 0. The van der Waals surface area contributed by atoms with E-state index in [1.165, 1.54) is 0 Å². The zero-order valence-corrected chi connectivity index (χ0v) is 13.8. The summed E-state index contributed by atoms with van der Waals surface area (Å²) in [5, 5.41) is -1.35. The highest BCUT2D eigenvalue weighted by Gasteiger charge is 2.95. The first kappa shape index (κ1) is 27.3.